The summed E-state index contributed by atoms with van der Waals surface area (Å²) in [5.74, 6) is 1.42. The first kappa shape index (κ1) is 17.2. The first-order valence-corrected chi connectivity index (χ1v) is 7.67. The molecule has 2 aromatic carbocycles. The van der Waals surface area contributed by atoms with Gasteiger partial charge >= 0.3 is 0 Å². The maximum Gasteiger partial charge on any atom is 0.262 e. The number of carbonyl (C=O) groups excluding carboxylic acids is 1. The van der Waals surface area contributed by atoms with Crippen molar-refractivity contribution in [1.29, 1.82) is 0 Å². The maximum absolute atomic E-state index is 12.1. The van der Waals surface area contributed by atoms with Crippen molar-refractivity contribution in [3.8, 4) is 22.9 Å². The van der Waals surface area contributed by atoms with Crippen molar-refractivity contribution in [2.75, 3.05) is 26.1 Å². The van der Waals surface area contributed by atoms with Crippen molar-refractivity contribution in [2.45, 2.75) is 0 Å². The molecule has 9 heteroatoms. The first-order valence-electron chi connectivity index (χ1n) is 7.67. The summed E-state index contributed by atoms with van der Waals surface area (Å²) in [4.78, 5) is 12.1. The van der Waals surface area contributed by atoms with E-state index in [0.717, 1.165) is 5.69 Å². The van der Waals surface area contributed by atoms with Crippen molar-refractivity contribution < 1.29 is 19.0 Å². The van der Waals surface area contributed by atoms with Crippen LogP contribution in [0.3, 0.4) is 0 Å². The van der Waals surface area contributed by atoms with Gasteiger partial charge in [0.25, 0.3) is 5.91 Å². The van der Waals surface area contributed by atoms with Gasteiger partial charge in [0.1, 0.15) is 23.6 Å². The van der Waals surface area contributed by atoms with Crippen molar-refractivity contribution in [3.63, 3.8) is 0 Å². The zero-order chi connectivity index (χ0) is 18.4. The number of anilines is 1. The van der Waals surface area contributed by atoms with E-state index >= 15 is 0 Å². The maximum atomic E-state index is 12.1. The molecule has 1 N–H and O–H groups in total. The first-order chi connectivity index (χ1) is 12.7. The molecule has 3 rings (SSSR count). The number of benzene rings is 2. The molecule has 0 saturated carbocycles. The van der Waals surface area contributed by atoms with Crippen LogP contribution in [-0.4, -0.2) is 46.9 Å². The molecule has 134 valence electrons. The van der Waals surface area contributed by atoms with Crippen LogP contribution in [0, 0.1) is 0 Å². The van der Waals surface area contributed by atoms with Gasteiger partial charge in [-0.2, -0.15) is 0 Å². The molecule has 1 amide bonds. The highest BCUT2D eigenvalue weighted by Crippen LogP contribution is 2.25. The van der Waals surface area contributed by atoms with Gasteiger partial charge < -0.3 is 19.5 Å². The number of carbonyl (C=O) groups is 1. The van der Waals surface area contributed by atoms with Crippen LogP contribution in [0.2, 0.25) is 0 Å². The number of rotatable bonds is 7. The molecular weight excluding hydrogens is 338 g/mol. The molecule has 26 heavy (non-hydrogen) atoms. The third kappa shape index (κ3) is 4.26. The highest BCUT2D eigenvalue weighted by molar-refractivity contribution is 5.92. The van der Waals surface area contributed by atoms with Crippen LogP contribution in [0.4, 0.5) is 5.69 Å². The van der Waals surface area contributed by atoms with Crippen LogP contribution in [-0.2, 0) is 4.79 Å². The average molecular weight is 355 g/mol. The van der Waals surface area contributed by atoms with E-state index in [4.69, 9.17) is 14.2 Å². The van der Waals surface area contributed by atoms with E-state index in [9.17, 15) is 4.79 Å². The van der Waals surface area contributed by atoms with Gasteiger partial charge in [-0.25, -0.2) is 4.68 Å². The number of tetrazole rings is 1. The van der Waals surface area contributed by atoms with Gasteiger partial charge in [0.15, 0.2) is 6.61 Å². The molecule has 0 aliphatic carbocycles. The fourth-order valence-corrected chi connectivity index (χ4v) is 2.20. The molecule has 1 heterocycles. The second kappa shape index (κ2) is 7.97. The van der Waals surface area contributed by atoms with E-state index in [1.54, 1.807) is 56.7 Å². The minimum Gasteiger partial charge on any atom is -0.497 e. The van der Waals surface area contributed by atoms with Gasteiger partial charge in [-0.3, -0.25) is 4.79 Å². The molecule has 0 aliphatic rings. The summed E-state index contributed by atoms with van der Waals surface area (Å²) in [5, 5.41) is 13.7. The van der Waals surface area contributed by atoms with Crippen molar-refractivity contribution in [1.82, 2.24) is 20.2 Å². The normalized spacial score (nSPS) is 10.2. The number of amides is 1. The van der Waals surface area contributed by atoms with E-state index in [0.29, 0.717) is 22.9 Å². The van der Waals surface area contributed by atoms with Crippen LogP contribution >= 0.6 is 0 Å². The van der Waals surface area contributed by atoms with Gasteiger partial charge in [0.05, 0.1) is 19.9 Å². The van der Waals surface area contributed by atoms with Crippen molar-refractivity contribution in [3.05, 3.63) is 48.8 Å². The van der Waals surface area contributed by atoms with E-state index in [-0.39, 0.29) is 12.5 Å². The van der Waals surface area contributed by atoms with Gasteiger partial charge in [-0.15, -0.1) is 5.10 Å². The van der Waals surface area contributed by atoms with Crippen LogP contribution in [0.1, 0.15) is 0 Å². The minimum absolute atomic E-state index is 0.135. The highest BCUT2D eigenvalue weighted by atomic mass is 16.5. The fourth-order valence-electron chi connectivity index (χ4n) is 2.20. The Labute approximate surface area is 149 Å². The van der Waals surface area contributed by atoms with E-state index < -0.39 is 0 Å². The van der Waals surface area contributed by atoms with Crippen LogP contribution < -0.4 is 19.5 Å². The quantitative estimate of drug-likeness (QED) is 0.688. The van der Waals surface area contributed by atoms with Crippen LogP contribution in [0.15, 0.2) is 48.8 Å². The standard InChI is InChI=1S/C17H17N5O4/c1-24-15-7-12(8-16(9-15)25-2)19-17(23)10-26-14-5-3-13(4-6-14)22-11-18-20-21-22/h3-9,11H,10H2,1-2H3,(H,19,23). The zero-order valence-electron chi connectivity index (χ0n) is 14.2. The Hall–Kier alpha value is -3.62. The molecule has 0 fully saturated rings. The Balaban J connectivity index is 1.57. The molecule has 3 aromatic rings. The van der Waals surface area contributed by atoms with Crippen LogP contribution in [0.25, 0.3) is 5.69 Å². The molecule has 1 aromatic heterocycles. The van der Waals surface area contributed by atoms with E-state index in [2.05, 4.69) is 20.8 Å². The third-order valence-electron chi connectivity index (χ3n) is 3.46. The molecule has 0 unspecified atom stereocenters. The number of nitrogens with zero attached hydrogens (tertiary/aromatic N) is 4. The molecule has 0 aliphatic heterocycles. The molecule has 0 bridgehead atoms. The smallest absolute Gasteiger partial charge is 0.262 e. The fraction of sp³-hybridized carbons (Fsp3) is 0.176. The monoisotopic (exact) mass is 355 g/mol. The molecule has 0 saturated heterocycles. The van der Waals surface area contributed by atoms with Gasteiger partial charge in [0, 0.05) is 23.9 Å². The number of methoxy groups -OCH3 is 2. The Bertz CT molecular complexity index is 843. The van der Waals surface area contributed by atoms with Gasteiger partial charge in [0.2, 0.25) is 0 Å². The Kier molecular flexibility index (Phi) is 5.28. The van der Waals surface area contributed by atoms with Crippen molar-refractivity contribution in [2.24, 2.45) is 0 Å². The Morgan fingerprint density at radius 1 is 1.04 bits per heavy atom. The molecule has 0 spiro atoms. The zero-order valence-corrected chi connectivity index (χ0v) is 14.2. The number of hydrogen-bond donors (Lipinski definition) is 1. The summed E-state index contributed by atoms with van der Waals surface area (Å²) < 4.78 is 17.4. The second-order valence-electron chi connectivity index (χ2n) is 5.19. The van der Waals surface area contributed by atoms with Gasteiger partial charge in [-0.1, -0.05) is 0 Å². The minimum atomic E-state index is -0.301. The molecular formula is C17H17N5O4. The average Bonchev–Trinajstić information content (AvgIpc) is 3.21. The summed E-state index contributed by atoms with van der Waals surface area (Å²) in [6.07, 6.45) is 1.49. The Morgan fingerprint density at radius 3 is 2.31 bits per heavy atom. The lowest BCUT2D eigenvalue weighted by Crippen LogP contribution is -2.20. The van der Waals surface area contributed by atoms with Gasteiger partial charge in [-0.05, 0) is 34.7 Å². The largest absolute Gasteiger partial charge is 0.497 e. The summed E-state index contributed by atoms with van der Waals surface area (Å²) in [5.41, 5.74) is 1.35. The SMILES string of the molecule is COc1cc(NC(=O)COc2ccc(-n3cnnn3)cc2)cc(OC)c1. The van der Waals surface area contributed by atoms with Crippen molar-refractivity contribution >= 4 is 11.6 Å². The lowest BCUT2D eigenvalue weighted by molar-refractivity contribution is -0.118. The predicted molar refractivity (Wildman–Crippen MR) is 92.8 cm³/mol. The topological polar surface area (TPSA) is 100 Å². The number of hydrogen-bond acceptors (Lipinski definition) is 7. The summed E-state index contributed by atoms with van der Waals surface area (Å²) >= 11 is 0. The Morgan fingerprint density at radius 2 is 1.73 bits per heavy atom. The number of ether oxygens (including phenoxy) is 3. The van der Waals surface area contributed by atoms with E-state index in [1.165, 1.54) is 11.0 Å². The molecule has 0 radical (unpaired) electrons. The third-order valence-corrected chi connectivity index (χ3v) is 3.46. The summed E-state index contributed by atoms with van der Waals surface area (Å²) in [7, 11) is 3.09. The van der Waals surface area contributed by atoms with E-state index in [1.807, 2.05) is 0 Å². The summed E-state index contributed by atoms with van der Waals surface area (Å²) in [6.45, 7) is -0.135. The highest BCUT2D eigenvalue weighted by Gasteiger charge is 2.07. The predicted octanol–water partition coefficient (Wildman–Crippen LogP) is 1.70. The lowest BCUT2D eigenvalue weighted by atomic mass is 10.2. The summed E-state index contributed by atoms with van der Waals surface area (Å²) in [6, 6.07) is 12.2. The van der Waals surface area contributed by atoms with Crippen LogP contribution in [0.5, 0.6) is 17.2 Å². The number of aromatic nitrogens is 4. The molecule has 9 nitrogen and oxygen atoms in total. The molecule has 0 atom stereocenters. The number of nitrogens with one attached hydrogen (secondary N) is 1. The lowest BCUT2D eigenvalue weighted by Gasteiger charge is -2.11. The second-order valence-corrected chi connectivity index (χ2v) is 5.19.